The molecule has 144 valence electrons. The second kappa shape index (κ2) is 7.89. The minimum absolute atomic E-state index is 0. The van der Waals surface area contributed by atoms with Gasteiger partial charge in [-0.05, 0) is 39.0 Å². The molecule has 4 rings (SSSR count). The van der Waals surface area contributed by atoms with Crippen molar-refractivity contribution in [3.8, 4) is 0 Å². The van der Waals surface area contributed by atoms with Crippen LogP contribution in [-0.2, 0) is 9.47 Å². The Morgan fingerprint density at radius 2 is 2.08 bits per heavy atom. The van der Waals surface area contributed by atoms with Gasteiger partial charge in [-0.15, -0.1) is 24.0 Å². The molecule has 2 aliphatic heterocycles. The van der Waals surface area contributed by atoms with Crippen LogP contribution in [-0.4, -0.2) is 63.0 Å². The Balaban J connectivity index is 0.00000182. The molecule has 3 atom stereocenters. The Bertz CT molecular complexity index is 487. The van der Waals surface area contributed by atoms with E-state index in [9.17, 15) is 0 Å². The molecule has 5 nitrogen and oxygen atoms in total. The van der Waals surface area contributed by atoms with Crippen LogP contribution in [0, 0.1) is 10.8 Å². The summed E-state index contributed by atoms with van der Waals surface area (Å²) in [5, 5.41) is 3.83. The van der Waals surface area contributed by atoms with Crippen molar-refractivity contribution in [1.29, 1.82) is 0 Å². The molecule has 2 saturated carbocycles. The average Bonchev–Trinajstić information content (AvgIpc) is 3.33. The van der Waals surface area contributed by atoms with Crippen molar-refractivity contribution in [2.45, 2.75) is 64.0 Å². The topological polar surface area (TPSA) is 46.1 Å². The predicted molar refractivity (Wildman–Crippen MR) is 111 cm³/mol. The molecule has 0 amide bonds. The van der Waals surface area contributed by atoms with Crippen molar-refractivity contribution < 1.29 is 9.47 Å². The summed E-state index contributed by atoms with van der Waals surface area (Å²) in [6, 6.07) is 0.534. The molecule has 2 heterocycles. The first-order valence-corrected chi connectivity index (χ1v) is 9.89. The summed E-state index contributed by atoms with van der Waals surface area (Å²) in [5.74, 6) is 1.10. The van der Waals surface area contributed by atoms with E-state index in [2.05, 4.69) is 22.1 Å². The monoisotopic (exact) mass is 463 g/mol. The minimum atomic E-state index is 0. The van der Waals surface area contributed by atoms with E-state index in [1.807, 2.05) is 7.05 Å². The zero-order valence-corrected chi connectivity index (χ0v) is 18.1. The molecule has 0 aromatic rings. The Morgan fingerprint density at radius 3 is 2.72 bits per heavy atom. The number of hydrogen-bond acceptors (Lipinski definition) is 3. The number of nitrogens with zero attached hydrogens (tertiary/aromatic N) is 2. The van der Waals surface area contributed by atoms with Crippen LogP contribution in [0.25, 0.3) is 0 Å². The van der Waals surface area contributed by atoms with Crippen LogP contribution < -0.4 is 5.32 Å². The lowest BCUT2D eigenvalue weighted by Crippen LogP contribution is -2.65. The van der Waals surface area contributed by atoms with Gasteiger partial charge in [0.2, 0.25) is 0 Å². The van der Waals surface area contributed by atoms with E-state index in [-0.39, 0.29) is 24.0 Å². The minimum Gasteiger partial charge on any atom is -0.381 e. The van der Waals surface area contributed by atoms with Gasteiger partial charge in [0.1, 0.15) is 0 Å². The van der Waals surface area contributed by atoms with Gasteiger partial charge in [0.25, 0.3) is 0 Å². The molecule has 0 aromatic heterocycles. The highest BCUT2D eigenvalue weighted by atomic mass is 127. The first-order valence-electron chi connectivity index (χ1n) is 9.89. The molecule has 0 radical (unpaired) electrons. The van der Waals surface area contributed by atoms with Gasteiger partial charge in [-0.3, -0.25) is 4.99 Å². The Kier molecular flexibility index (Phi) is 6.21. The lowest BCUT2D eigenvalue weighted by molar-refractivity contribution is -0.126. The summed E-state index contributed by atoms with van der Waals surface area (Å²) in [6.07, 6.45) is 9.36. The number of hydrogen-bond donors (Lipinski definition) is 1. The zero-order valence-electron chi connectivity index (χ0n) is 15.8. The fourth-order valence-electron chi connectivity index (χ4n) is 5.63. The van der Waals surface area contributed by atoms with Crippen LogP contribution in [0.5, 0.6) is 0 Å². The fraction of sp³-hybridized carbons (Fsp3) is 0.947. The Hall–Kier alpha value is -0.0800. The standard InChI is InChI=1S/C19H33N3O2.HI/c1-3-24-16-12-15(19(16)6-4-5-7-19)21-17(20-2)22-10-8-18(13-22)9-11-23-14-18;/h15-16H,3-14H2,1-2H3,(H,20,21);1H. The third-order valence-electron chi connectivity index (χ3n) is 7.13. The molecule has 4 aliphatic rings. The molecule has 6 heteroatoms. The van der Waals surface area contributed by atoms with Crippen LogP contribution in [0.4, 0.5) is 0 Å². The van der Waals surface area contributed by atoms with Crippen molar-refractivity contribution in [2.24, 2.45) is 15.8 Å². The number of likely N-dealkylation sites (tertiary alicyclic amines) is 1. The van der Waals surface area contributed by atoms with Gasteiger partial charge >= 0.3 is 0 Å². The van der Waals surface area contributed by atoms with Crippen molar-refractivity contribution in [1.82, 2.24) is 10.2 Å². The van der Waals surface area contributed by atoms with Gasteiger partial charge < -0.3 is 19.7 Å². The Labute approximate surface area is 169 Å². The summed E-state index contributed by atoms with van der Waals surface area (Å²) >= 11 is 0. The summed E-state index contributed by atoms with van der Waals surface area (Å²) < 4.78 is 11.7. The molecule has 2 saturated heterocycles. The van der Waals surface area contributed by atoms with Crippen molar-refractivity contribution >= 4 is 29.9 Å². The molecule has 25 heavy (non-hydrogen) atoms. The number of rotatable bonds is 3. The first kappa shape index (κ1) is 19.7. The second-order valence-corrected chi connectivity index (χ2v) is 8.34. The van der Waals surface area contributed by atoms with E-state index in [4.69, 9.17) is 9.47 Å². The van der Waals surface area contributed by atoms with E-state index in [0.717, 1.165) is 45.3 Å². The molecule has 0 aromatic carbocycles. The van der Waals surface area contributed by atoms with E-state index in [0.29, 0.717) is 23.0 Å². The zero-order chi connectivity index (χ0) is 16.6. The molecule has 1 N–H and O–H groups in total. The summed E-state index contributed by atoms with van der Waals surface area (Å²) in [4.78, 5) is 7.09. The first-order chi connectivity index (χ1) is 11.7. The largest absolute Gasteiger partial charge is 0.381 e. The maximum absolute atomic E-state index is 6.05. The summed E-state index contributed by atoms with van der Waals surface area (Å²) in [7, 11) is 1.93. The highest BCUT2D eigenvalue weighted by Gasteiger charge is 2.57. The lowest BCUT2D eigenvalue weighted by atomic mass is 9.60. The third-order valence-corrected chi connectivity index (χ3v) is 7.13. The molecule has 0 bridgehead atoms. The average molecular weight is 463 g/mol. The summed E-state index contributed by atoms with van der Waals surface area (Å²) in [5.41, 5.74) is 0.746. The van der Waals surface area contributed by atoms with Gasteiger partial charge in [0, 0.05) is 50.2 Å². The van der Waals surface area contributed by atoms with Crippen LogP contribution >= 0.6 is 24.0 Å². The van der Waals surface area contributed by atoms with Crippen molar-refractivity contribution in [3.05, 3.63) is 0 Å². The Morgan fingerprint density at radius 1 is 1.28 bits per heavy atom. The maximum atomic E-state index is 6.05. The van der Waals surface area contributed by atoms with E-state index in [1.165, 1.54) is 38.5 Å². The number of nitrogens with one attached hydrogen (secondary N) is 1. The van der Waals surface area contributed by atoms with Crippen LogP contribution in [0.3, 0.4) is 0 Å². The summed E-state index contributed by atoms with van der Waals surface area (Å²) in [6.45, 7) is 7.03. The number of aliphatic imine (C=N–C) groups is 1. The second-order valence-electron chi connectivity index (χ2n) is 8.34. The molecule has 4 fully saturated rings. The molecule has 2 aliphatic carbocycles. The number of guanidine groups is 1. The van der Waals surface area contributed by atoms with Gasteiger partial charge in [-0.2, -0.15) is 0 Å². The van der Waals surface area contributed by atoms with Crippen LogP contribution in [0.1, 0.15) is 51.9 Å². The number of ether oxygens (including phenoxy) is 2. The molecule has 2 spiro atoms. The molecular formula is C19H34IN3O2. The molecule has 3 unspecified atom stereocenters. The predicted octanol–water partition coefficient (Wildman–Crippen LogP) is 3.03. The SMILES string of the molecule is CCOC1CC(NC(=NC)N2CCC3(CCOC3)C2)C12CCCC2.I. The highest BCUT2D eigenvalue weighted by molar-refractivity contribution is 14.0. The highest BCUT2D eigenvalue weighted by Crippen LogP contribution is 2.54. The smallest absolute Gasteiger partial charge is 0.193 e. The van der Waals surface area contributed by atoms with E-state index in [1.54, 1.807) is 0 Å². The van der Waals surface area contributed by atoms with Crippen LogP contribution in [0.15, 0.2) is 4.99 Å². The quantitative estimate of drug-likeness (QED) is 0.397. The van der Waals surface area contributed by atoms with Crippen molar-refractivity contribution in [2.75, 3.05) is 40.0 Å². The normalized spacial score (nSPS) is 36.7. The van der Waals surface area contributed by atoms with Crippen LogP contribution in [0.2, 0.25) is 0 Å². The van der Waals surface area contributed by atoms with E-state index < -0.39 is 0 Å². The van der Waals surface area contributed by atoms with Gasteiger partial charge in [-0.1, -0.05) is 12.8 Å². The third kappa shape index (κ3) is 3.43. The fourth-order valence-corrected chi connectivity index (χ4v) is 5.63. The van der Waals surface area contributed by atoms with E-state index >= 15 is 0 Å². The van der Waals surface area contributed by atoms with Gasteiger partial charge in [0.05, 0.1) is 12.7 Å². The van der Waals surface area contributed by atoms with Gasteiger partial charge in [-0.25, -0.2) is 0 Å². The van der Waals surface area contributed by atoms with Crippen molar-refractivity contribution in [3.63, 3.8) is 0 Å². The van der Waals surface area contributed by atoms with Gasteiger partial charge in [0.15, 0.2) is 5.96 Å². The lowest BCUT2D eigenvalue weighted by Gasteiger charge is -2.54. The number of halogens is 1. The maximum Gasteiger partial charge on any atom is 0.193 e. The molecular weight excluding hydrogens is 429 g/mol.